The first-order chi connectivity index (χ1) is 12.8. The summed E-state index contributed by atoms with van der Waals surface area (Å²) < 4.78 is 0. The van der Waals surface area contributed by atoms with Crippen LogP contribution in [0.25, 0.3) is 0 Å². The van der Waals surface area contributed by atoms with Crippen molar-refractivity contribution in [1.82, 2.24) is 20.4 Å². The molecule has 28 heavy (non-hydrogen) atoms. The van der Waals surface area contributed by atoms with Gasteiger partial charge in [0, 0.05) is 39.6 Å². The topological polar surface area (TPSA) is 77.0 Å². The fraction of sp³-hybridized carbons (Fsp3) is 0.632. The van der Waals surface area contributed by atoms with Crippen molar-refractivity contribution in [3.8, 4) is 0 Å². The second-order valence-corrected chi connectivity index (χ2v) is 8.46. The Morgan fingerprint density at radius 1 is 1.14 bits per heavy atom. The molecule has 1 aliphatic rings. The van der Waals surface area contributed by atoms with E-state index in [1.807, 2.05) is 31.6 Å². The third-order valence-corrected chi connectivity index (χ3v) is 5.77. The number of hydrogen-bond acceptors (Lipinski definition) is 4. The zero-order valence-corrected chi connectivity index (χ0v) is 20.3. The van der Waals surface area contributed by atoms with Crippen LogP contribution in [0.15, 0.2) is 22.5 Å². The minimum Gasteiger partial charge on any atom is -0.355 e. The Balaban J connectivity index is 0.00000392. The van der Waals surface area contributed by atoms with Crippen LogP contribution in [0.2, 0.25) is 0 Å². The number of carbonyl (C=O) groups excluding carboxylic acids is 2. The lowest BCUT2D eigenvalue weighted by Gasteiger charge is -2.31. The van der Waals surface area contributed by atoms with Gasteiger partial charge in [-0.1, -0.05) is 18.9 Å². The molecule has 0 radical (unpaired) electrons. The molecule has 158 valence electrons. The smallest absolute Gasteiger partial charge is 0.243 e. The van der Waals surface area contributed by atoms with Gasteiger partial charge in [-0.2, -0.15) is 0 Å². The van der Waals surface area contributed by atoms with Gasteiger partial charge in [-0.15, -0.1) is 35.3 Å². The lowest BCUT2D eigenvalue weighted by Crippen LogP contribution is -2.49. The van der Waals surface area contributed by atoms with Crippen LogP contribution in [0, 0.1) is 5.41 Å². The lowest BCUT2D eigenvalue weighted by atomic mass is 9.84. The minimum atomic E-state index is -0.388. The predicted octanol–water partition coefficient (Wildman–Crippen LogP) is 2.14. The Hall–Kier alpha value is -1.36. The van der Waals surface area contributed by atoms with Crippen LogP contribution < -0.4 is 10.6 Å². The molecule has 9 heteroatoms. The molecule has 0 unspecified atom stereocenters. The number of amides is 2. The molecule has 0 aromatic carbocycles. The first kappa shape index (κ1) is 24.7. The van der Waals surface area contributed by atoms with E-state index in [1.54, 1.807) is 30.3 Å². The van der Waals surface area contributed by atoms with Crippen molar-refractivity contribution in [2.45, 2.75) is 32.2 Å². The van der Waals surface area contributed by atoms with Crippen molar-refractivity contribution in [1.29, 1.82) is 0 Å². The minimum absolute atomic E-state index is 0. The van der Waals surface area contributed by atoms with Crippen molar-refractivity contribution in [3.05, 3.63) is 22.4 Å². The maximum absolute atomic E-state index is 12.7. The summed E-state index contributed by atoms with van der Waals surface area (Å²) in [7, 11) is 7.05. The van der Waals surface area contributed by atoms with Gasteiger partial charge in [-0.05, 0) is 24.3 Å². The van der Waals surface area contributed by atoms with Gasteiger partial charge in [0.2, 0.25) is 11.8 Å². The third kappa shape index (κ3) is 6.91. The standard InChI is InChI=1S/C19H31N5O2S.HI/c1-23(2)16(25)13-21-18(20-12-15-8-7-11-27-15)22-14-19(9-5-6-10-19)17(26)24(3)4;/h7-8,11H,5-6,9-10,12-14H2,1-4H3,(H2,20,21,22);1H. The van der Waals surface area contributed by atoms with E-state index in [0.717, 1.165) is 25.7 Å². The molecule has 1 aliphatic carbocycles. The van der Waals surface area contributed by atoms with Crippen LogP contribution >= 0.6 is 35.3 Å². The van der Waals surface area contributed by atoms with Crippen LogP contribution in [-0.4, -0.2) is 68.9 Å². The average Bonchev–Trinajstić information content (AvgIpc) is 3.32. The SMILES string of the molecule is CN(C)C(=O)CN=C(NCc1cccs1)NCC1(C(=O)N(C)C)CCCC1.I. The van der Waals surface area contributed by atoms with E-state index in [2.05, 4.69) is 15.6 Å². The van der Waals surface area contributed by atoms with Crippen molar-refractivity contribution < 1.29 is 9.59 Å². The van der Waals surface area contributed by atoms with Crippen LogP contribution in [-0.2, 0) is 16.1 Å². The van der Waals surface area contributed by atoms with E-state index in [-0.39, 0.29) is 47.8 Å². The second kappa shape index (κ2) is 11.6. The Morgan fingerprint density at radius 3 is 2.36 bits per heavy atom. The molecule has 1 aromatic heterocycles. The first-order valence-electron chi connectivity index (χ1n) is 9.30. The number of hydrogen-bond donors (Lipinski definition) is 2. The van der Waals surface area contributed by atoms with Gasteiger partial charge in [0.05, 0.1) is 12.0 Å². The van der Waals surface area contributed by atoms with Gasteiger partial charge in [-0.25, -0.2) is 4.99 Å². The molecular weight excluding hydrogens is 489 g/mol. The van der Waals surface area contributed by atoms with Crippen LogP contribution in [0.3, 0.4) is 0 Å². The number of nitrogens with one attached hydrogen (secondary N) is 2. The van der Waals surface area contributed by atoms with E-state index < -0.39 is 0 Å². The highest BCUT2D eigenvalue weighted by molar-refractivity contribution is 14.0. The van der Waals surface area contributed by atoms with E-state index in [4.69, 9.17) is 0 Å². The number of carbonyl (C=O) groups is 2. The van der Waals surface area contributed by atoms with Gasteiger partial charge < -0.3 is 20.4 Å². The first-order valence-corrected chi connectivity index (χ1v) is 10.2. The molecule has 7 nitrogen and oxygen atoms in total. The molecule has 2 rings (SSSR count). The Kier molecular flexibility index (Phi) is 10.2. The van der Waals surface area contributed by atoms with Crippen molar-refractivity contribution in [2.24, 2.45) is 10.4 Å². The molecule has 0 atom stereocenters. The summed E-state index contributed by atoms with van der Waals surface area (Å²) in [6, 6.07) is 4.05. The number of rotatable bonds is 7. The summed E-state index contributed by atoms with van der Waals surface area (Å²) in [5.74, 6) is 0.665. The average molecular weight is 521 g/mol. The summed E-state index contributed by atoms with van der Waals surface area (Å²) in [6.07, 6.45) is 3.89. The number of aliphatic imine (C=N–C) groups is 1. The van der Waals surface area contributed by atoms with Gasteiger partial charge in [-0.3, -0.25) is 9.59 Å². The Morgan fingerprint density at radius 2 is 1.82 bits per heavy atom. The number of thiophene rings is 1. The van der Waals surface area contributed by atoms with Crippen LogP contribution in [0.4, 0.5) is 0 Å². The quantitative estimate of drug-likeness (QED) is 0.328. The monoisotopic (exact) mass is 521 g/mol. The maximum atomic E-state index is 12.7. The summed E-state index contributed by atoms with van der Waals surface area (Å²) >= 11 is 1.66. The molecule has 2 amide bonds. The molecule has 1 saturated carbocycles. The van der Waals surface area contributed by atoms with Gasteiger partial charge >= 0.3 is 0 Å². The Labute approximate surface area is 189 Å². The van der Waals surface area contributed by atoms with Crippen molar-refractivity contribution in [2.75, 3.05) is 41.3 Å². The number of likely N-dealkylation sites (N-methyl/N-ethyl adjacent to an activating group) is 1. The zero-order valence-electron chi connectivity index (χ0n) is 17.2. The highest BCUT2D eigenvalue weighted by atomic mass is 127. The Bertz CT molecular complexity index is 655. The van der Waals surface area contributed by atoms with Gasteiger partial charge in [0.1, 0.15) is 6.54 Å². The van der Waals surface area contributed by atoms with Crippen LogP contribution in [0.1, 0.15) is 30.6 Å². The molecule has 0 aliphatic heterocycles. The summed E-state index contributed by atoms with van der Waals surface area (Å²) in [4.78, 5) is 33.5. The number of guanidine groups is 1. The zero-order chi connectivity index (χ0) is 19.9. The number of halogens is 1. The van der Waals surface area contributed by atoms with Gasteiger partial charge in [0.15, 0.2) is 5.96 Å². The molecule has 0 bridgehead atoms. The second-order valence-electron chi connectivity index (χ2n) is 7.43. The lowest BCUT2D eigenvalue weighted by molar-refractivity contribution is -0.138. The van der Waals surface area contributed by atoms with Crippen LogP contribution in [0.5, 0.6) is 0 Å². The van der Waals surface area contributed by atoms with Gasteiger partial charge in [0.25, 0.3) is 0 Å². The summed E-state index contributed by atoms with van der Waals surface area (Å²) in [5, 5.41) is 8.63. The van der Waals surface area contributed by atoms with E-state index >= 15 is 0 Å². The normalized spacial score (nSPS) is 15.5. The molecule has 2 N–H and O–H groups in total. The third-order valence-electron chi connectivity index (χ3n) is 4.90. The van der Waals surface area contributed by atoms with Crippen molar-refractivity contribution in [3.63, 3.8) is 0 Å². The van der Waals surface area contributed by atoms with E-state index in [1.165, 1.54) is 9.78 Å². The predicted molar refractivity (Wildman–Crippen MR) is 125 cm³/mol. The fourth-order valence-corrected chi connectivity index (χ4v) is 3.94. The number of nitrogens with zero attached hydrogens (tertiary/aromatic N) is 3. The highest BCUT2D eigenvalue weighted by Gasteiger charge is 2.42. The maximum Gasteiger partial charge on any atom is 0.243 e. The molecule has 1 aromatic rings. The summed E-state index contributed by atoms with van der Waals surface area (Å²) in [6.45, 7) is 1.23. The fourth-order valence-electron chi connectivity index (χ4n) is 3.29. The van der Waals surface area contributed by atoms with Crippen molar-refractivity contribution >= 4 is 53.1 Å². The highest BCUT2D eigenvalue weighted by Crippen LogP contribution is 2.38. The molecule has 0 saturated heterocycles. The molecule has 1 heterocycles. The van der Waals surface area contributed by atoms with E-state index in [0.29, 0.717) is 19.0 Å². The molecule has 1 fully saturated rings. The molecule has 0 spiro atoms. The molecular formula is C19H32IN5O2S. The van der Waals surface area contributed by atoms with E-state index in [9.17, 15) is 9.59 Å². The largest absolute Gasteiger partial charge is 0.355 e. The summed E-state index contributed by atoms with van der Waals surface area (Å²) in [5.41, 5.74) is -0.388.